The Labute approximate surface area is 224 Å². The number of amides is 2. The first-order valence-electron chi connectivity index (χ1n) is 12.5. The maximum atomic E-state index is 14.6. The lowest BCUT2D eigenvalue weighted by molar-refractivity contribution is -0.139. The van der Waals surface area contributed by atoms with E-state index in [2.05, 4.69) is 5.32 Å². The number of anilines is 1. The van der Waals surface area contributed by atoms with Gasteiger partial charge in [-0.2, -0.15) is 0 Å². The standard InChI is InChI=1S/C29H34FN3O4S/c1-5-17-31-29(35)23(4)32(19-24-10-6-7-12-27(24)30)28(34)20-33(25-11-8-9-22(3)18-25)38(36,37)26-15-13-21(2)14-16-26/h6-16,18,23H,5,17,19-20H2,1-4H3,(H,31,35)/t23-/m1/s1. The van der Waals surface area contributed by atoms with Gasteiger partial charge < -0.3 is 10.2 Å². The van der Waals surface area contributed by atoms with Crippen LogP contribution < -0.4 is 9.62 Å². The summed E-state index contributed by atoms with van der Waals surface area (Å²) in [5.74, 6) is -1.56. The molecule has 0 aliphatic carbocycles. The summed E-state index contributed by atoms with van der Waals surface area (Å²) in [6.45, 7) is 6.79. The fourth-order valence-corrected chi connectivity index (χ4v) is 5.34. The number of rotatable bonds is 11. The van der Waals surface area contributed by atoms with Gasteiger partial charge in [-0.15, -0.1) is 0 Å². The van der Waals surface area contributed by atoms with E-state index in [0.717, 1.165) is 15.4 Å². The highest BCUT2D eigenvalue weighted by Crippen LogP contribution is 2.26. The van der Waals surface area contributed by atoms with Crippen LogP contribution in [0, 0.1) is 19.7 Å². The molecule has 0 spiro atoms. The van der Waals surface area contributed by atoms with E-state index in [1.807, 2.05) is 26.8 Å². The van der Waals surface area contributed by atoms with Crippen LogP contribution in [-0.4, -0.2) is 44.3 Å². The molecule has 0 aliphatic heterocycles. The van der Waals surface area contributed by atoms with E-state index in [-0.39, 0.29) is 17.0 Å². The van der Waals surface area contributed by atoms with Gasteiger partial charge in [-0.3, -0.25) is 13.9 Å². The summed E-state index contributed by atoms with van der Waals surface area (Å²) >= 11 is 0. The van der Waals surface area contributed by atoms with Gasteiger partial charge in [0, 0.05) is 18.7 Å². The molecule has 2 amide bonds. The lowest BCUT2D eigenvalue weighted by Crippen LogP contribution is -2.51. The van der Waals surface area contributed by atoms with E-state index in [4.69, 9.17) is 0 Å². The maximum Gasteiger partial charge on any atom is 0.264 e. The zero-order valence-electron chi connectivity index (χ0n) is 22.1. The molecule has 0 saturated heterocycles. The minimum atomic E-state index is -4.15. The highest BCUT2D eigenvalue weighted by Gasteiger charge is 2.32. The summed E-state index contributed by atoms with van der Waals surface area (Å²) in [6.07, 6.45) is 0.704. The number of aryl methyl sites for hydroxylation is 2. The molecular formula is C29H34FN3O4S. The molecule has 7 nitrogen and oxygen atoms in total. The van der Waals surface area contributed by atoms with Crippen LogP contribution in [0.4, 0.5) is 10.1 Å². The summed E-state index contributed by atoms with van der Waals surface area (Å²) in [4.78, 5) is 27.9. The molecule has 0 bridgehead atoms. The minimum Gasteiger partial charge on any atom is -0.354 e. The second-order valence-corrected chi connectivity index (χ2v) is 11.1. The Morgan fingerprint density at radius 3 is 2.26 bits per heavy atom. The van der Waals surface area contributed by atoms with Crippen molar-refractivity contribution in [1.29, 1.82) is 0 Å². The van der Waals surface area contributed by atoms with Gasteiger partial charge in [0.05, 0.1) is 10.6 Å². The quantitative estimate of drug-likeness (QED) is 0.387. The van der Waals surface area contributed by atoms with Crippen molar-refractivity contribution in [3.05, 3.63) is 95.3 Å². The van der Waals surface area contributed by atoms with Crippen LogP contribution in [0.25, 0.3) is 0 Å². The third kappa shape index (κ3) is 6.98. The average molecular weight is 540 g/mol. The van der Waals surface area contributed by atoms with Gasteiger partial charge in [0.25, 0.3) is 10.0 Å². The fourth-order valence-electron chi connectivity index (χ4n) is 3.94. The summed E-state index contributed by atoms with van der Waals surface area (Å²) < 4.78 is 43.2. The van der Waals surface area contributed by atoms with Crippen molar-refractivity contribution < 1.29 is 22.4 Å². The van der Waals surface area contributed by atoms with Crippen LogP contribution in [-0.2, 0) is 26.2 Å². The Bertz CT molecular complexity index is 1380. The van der Waals surface area contributed by atoms with Crippen molar-refractivity contribution in [1.82, 2.24) is 10.2 Å². The minimum absolute atomic E-state index is 0.0341. The largest absolute Gasteiger partial charge is 0.354 e. The van der Waals surface area contributed by atoms with Crippen molar-refractivity contribution in [2.45, 2.75) is 51.6 Å². The first kappa shape index (κ1) is 28.8. The number of carbonyl (C=O) groups is 2. The Morgan fingerprint density at radius 1 is 0.947 bits per heavy atom. The van der Waals surface area contributed by atoms with Gasteiger partial charge >= 0.3 is 0 Å². The zero-order chi connectivity index (χ0) is 27.9. The second kappa shape index (κ2) is 12.7. The van der Waals surface area contributed by atoms with Gasteiger partial charge in [0.2, 0.25) is 11.8 Å². The van der Waals surface area contributed by atoms with Crippen molar-refractivity contribution in [3.8, 4) is 0 Å². The first-order chi connectivity index (χ1) is 18.0. The molecule has 0 aromatic heterocycles. The van der Waals surface area contributed by atoms with Crippen LogP contribution in [0.5, 0.6) is 0 Å². The summed E-state index contributed by atoms with van der Waals surface area (Å²) in [5.41, 5.74) is 2.24. The van der Waals surface area contributed by atoms with Crippen molar-refractivity contribution in [3.63, 3.8) is 0 Å². The lowest BCUT2D eigenvalue weighted by atomic mass is 10.1. The Kier molecular flexibility index (Phi) is 9.63. The van der Waals surface area contributed by atoms with Gasteiger partial charge in [0.1, 0.15) is 18.4 Å². The van der Waals surface area contributed by atoms with E-state index in [0.29, 0.717) is 18.7 Å². The third-order valence-electron chi connectivity index (χ3n) is 6.19. The zero-order valence-corrected chi connectivity index (χ0v) is 23.0. The number of halogens is 1. The highest BCUT2D eigenvalue weighted by atomic mass is 32.2. The number of nitrogens with zero attached hydrogens (tertiary/aromatic N) is 2. The van der Waals surface area contributed by atoms with E-state index in [1.54, 1.807) is 43.3 Å². The summed E-state index contributed by atoms with van der Waals surface area (Å²) in [7, 11) is -4.15. The molecule has 3 aromatic rings. The van der Waals surface area contributed by atoms with Crippen LogP contribution in [0.1, 0.15) is 37.0 Å². The molecule has 38 heavy (non-hydrogen) atoms. The van der Waals surface area contributed by atoms with Crippen LogP contribution in [0.2, 0.25) is 0 Å². The normalized spacial score (nSPS) is 12.0. The second-order valence-electron chi connectivity index (χ2n) is 9.24. The predicted octanol–water partition coefficient (Wildman–Crippen LogP) is 4.58. The molecule has 0 unspecified atom stereocenters. The number of nitrogens with one attached hydrogen (secondary N) is 1. The molecule has 1 atom stereocenters. The number of hydrogen-bond acceptors (Lipinski definition) is 4. The Morgan fingerprint density at radius 2 is 1.63 bits per heavy atom. The number of sulfonamides is 1. The van der Waals surface area contributed by atoms with Gasteiger partial charge in [0.15, 0.2) is 0 Å². The van der Waals surface area contributed by atoms with E-state index >= 15 is 0 Å². The molecule has 9 heteroatoms. The molecule has 0 fully saturated rings. The molecule has 0 radical (unpaired) electrons. The van der Waals surface area contributed by atoms with Gasteiger partial charge in [-0.25, -0.2) is 12.8 Å². The van der Waals surface area contributed by atoms with Gasteiger partial charge in [-0.05, 0) is 63.1 Å². The van der Waals surface area contributed by atoms with E-state index < -0.39 is 40.2 Å². The Balaban J connectivity index is 2.03. The summed E-state index contributed by atoms with van der Waals surface area (Å²) in [6, 6.07) is 18.2. The van der Waals surface area contributed by atoms with Crippen molar-refractivity contribution in [2.75, 3.05) is 17.4 Å². The molecule has 3 rings (SSSR count). The highest BCUT2D eigenvalue weighted by molar-refractivity contribution is 7.92. The topological polar surface area (TPSA) is 86.8 Å². The molecule has 0 aliphatic rings. The molecular weight excluding hydrogens is 505 g/mol. The average Bonchev–Trinajstić information content (AvgIpc) is 2.89. The number of hydrogen-bond donors (Lipinski definition) is 1. The monoisotopic (exact) mass is 539 g/mol. The lowest BCUT2D eigenvalue weighted by Gasteiger charge is -2.32. The van der Waals surface area contributed by atoms with E-state index in [1.165, 1.54) is 35.2 Å². The van der Waals surface area contributed by atoms with E-state index in [9.17, 15) is 22.4 Å². The molecule has 202 valence electrons. The smallest absolute Gasteiger partial charge is 0.264 e. The maximum absolute atomic E-state index is 14.6. The van der Waals surface area contributed by atoms with Crippen LogP contribution in [0.15, 0.2) is 77.7 Å². The molecule has 0 heterocycles. The fraction of sp³-hybridized carbons (Fsp3) is 0.310. The predicted molar refractivity (Wildman–Crippen MR) is 147 cm³/mol. The third-order valence-corrected chi connectivity index (χ3v) is 7.98. The van der Waals surface area contributed by atoms with Crippen LogP contribution in [0.3, 0.4) is 0 Å². The number of benzene rings is 3. The molecule has 3 aromatic carbocycles. The number of carbonyl (C=O) groups excluding carboxylic acids is 2. The summed E-state index contributed by atoms with van der Waals surface area (Å²) in [5, 5.41) is 2.76. The van der Waals surface area contributed by atoms with Crippen molar-refractivity contribution >= 4 is 27.5 Å². The molecule has 0 saturated carbocycles. The molecule has 1 N–H and O–H groups in total. The van der Waals surface area contributed by atoms with Crippen molar-refractivity contribution in [2.24, 2.45) is 0 Å². The van der Waals surface area contributed by atoms with Crippen LogP contribution >= 0.6 is 0 Å². The van der Waals surface area contributed by atoms with Gasteiger partial charge in [-0.1, -0.05) is 55.0 Å². The Hall–Kier alpha value is -3.72. The SMILES string of the molecule is CCCNC(=O)[C@@H](C)N(Cc1ccccc1F)C(=O)CN(c1cccc(C)c1)S(=O)(=O)c1ccc(C)cc1. The first-order valence-corrected chi connectivity index (χ1v) is 13.9.